The first-order valence-corrected chi connectivity index (χ1v) is 6.85. The van der Waals surface area contributed by atoms with Gasteiger partial charge in [0.2, 0.25) is 5.76 Å². The molecule has 1 heterocycles. The van der Waals surface area contributed by atoms with Crippen molar-refractivity contribution in [3.63, 3.8) is 0 Å². The summed E-state index contributed by atoms with van der Waals surface area (Å²) in [6, 6.07) is 0. The van der Waals surface area contributed by atoms with Crippen LogP contribution in [0.25, 0.3) is 0 Å². The molecule has 5 heteroatoms. The van der Waals surface area contributed by atoms with Crippen molar-refractivity contribution in [3.05, 3.63) is 22.6 Å². The molecule has 0 spiro atoms. The highest BCUT2D eigenvalue weighted by Gasteiger charge is 2.34. The van der Waals surface area contributed by atoms with Gasteiger partial charge in [-0.25, -0.2) is 4.79 Å². The van der Waals surface area contributed by atoms with Gasteiger partial charge in [0.25, 0.3) is 0 Å². The number of carbonyl (C=O) groups excluding carboxylic acids is 2. The maximum absolute atomic E-state index is 12.5. The summed E-state index contributed by atoms with van der Waals surface area (Å²) in [7, 11) is 5.30. The lowest BCUT2D eigenvalue weighted by atomic mass is 9.83. The van der Waals surface area contributed by atoms with Crippen LogP contribution in [0, 0.1) is 12.8 Å². The summed E-state index contributed by atoms with van der Waals surface area (Å²) in [4.78, 5) is 26.2. The van der Waals surface area contributed by atoms with Gasteiger partial charge in [0.1, 0.15) is 5.76 Å². The number of carbonyl (C=O) groups is 2. The first kappa shape index (κ1) is 14.8. The number of Topliss-reactive ketones (excluding diaryl/α,β-unsaturated/α-hetero) is 1. The van der Waals surface area contributed by atoms with E-state index in [9.17, 15) is 9.59 Å². The first-order chi connectivity index (χ1) is 9.45. The molecule has 1 atom stereocenters. The quantitative estimate of drug-likeness (QED) is 0.790. The maximum atomic E-state index is 12.5. The molecule has 0 saturated heterocycles. The molecule has 0 N–H and O–H groups in total. The molecule has 0 aliphatic heterocycles. The molecular weight excluding hydrogens is 258 g/mol. The largest absolute Gasteiger partial charge is 0.463 e. The third-order valence-electron chi connectivity index (χ3n) is 3.85. The zero-order chi connectivity index (χ0) is 14.9. The van der Waals surface area contributed by atoms with Crippen LogP contribution in [0.1, 0.15) is 45.1 Å². The summed E-state index contributed by atoms with van der Waals surface area (Å²) in [6.45, 7) is 2.63. The molecule has 1 aliphatic carbocycles. The van der Waals surface area contributed by atoms with E-state index in [2.05, 4.69) is 9.64 Å². The molecular formula is C15H21NO4. The van der Waals surface area contributed by atoms with Crippen LogP contribution >= 0.6 is 0 Å². The minimum Gasteiger partial charge on any atom is -0.463 e. The van der Waals surface area contributed by atoms with Crippen LogP contribution in [-0.2, 0) is 11.2 Å². The second kappa shape index (κ2) is 5.79. The van der Waals surface area contributed by atoms with Gasteiger partial charge >= 0.3 is 5.97 Å². The van der Waals surface area contributed by atoms with E-state index in [-0.39, 0.29) is 17.5 Å². The van der Waals surface area contributed by atoms with E-state index in [0.29, 0.717) is 23.3 Å². The van der Waals surface area contributed by atoms with E-state index in [1.807, 2.05) is 14.1 Å². The zero-order valence-corrected chi connectivity index (χ0v) is 12.5. The second-order valence-electron chi connectivity index (χ2n) is 5.54. The van der Waals surface area contributed by atoms with E-state index < -0.39 is 5.97 Å². The molecule has 110 valence electrons. The van der Waals surface area contributed by atoms with E-state index >= 15 is 0 Å². The lowest BCUT2D eigenvalue weighted by Crippen LogP contribution is -2.26. The average molecular weight is 279 g/mol. The number of fused-ring (bicyclic) bond motifs is 1. The fourth-order valence-corrected chi connectivity index (χ4v) is 2.69. The Labute approximate surface area is 118 Å². The van der Waals surface area contributed by atoms with Gasteiger partial charge < -0.3 is 14.1 Å². The number of hydrogen-bond acceptors (Lipinski definition) is 5. The van der Waals surface area contributed by atoms with Crippen molar-refractivity contribution < 1.29 is 18.7 Å². The Morgan fingerprint density at radius 3 is 2.75 bits per heavy atom. The van der Waals surface area contributed by atoms with Crippen LogP contribution in [0.15, 0.2) is 4.42 Å². The van der Waals surface area contributed by atoms with Gasteiger partial charge in [-0.15, -0.1) is 0 Å². The molecule has 0 radical (unpaired) electrons. The fraction of sp³-hybridized carbons (Fsp3) is 0.600. The third-order valence-corrected chi connectivity index (χ3v) is 3.85. The summed E-state index contributed by atoms with van der Waals surface area (Å²) in [5.41, 5.74) is 1.21. The van der Waals surface area contributed by atoms with Crippen LogP contribution < -0.4 is 0 Å². The fourth-order valence-electron chi connectivity index (χ4n) is 2.69. The molecule has 5 nitrogen and oxygen atoms in total. The topological polar surface area (TPSA) is 59.8 Å². The van der Waals surface area contributed by atoms with Gasteiger partial charge in [0.15, 0.2) is 5.78 Å². The van der Waals surface area contributed by atoms with Gasteiger partial charge in [-0.3, -0.25) is 4.79 Å². The highest BCUT2D eigenvalue weighted by Crippen LogP contribution is 2.33. The predicted molar refractivity (Wildman–Crippen MR) is 74.1 cm³/mol. The van der Waals surface area contributed by atoms with Gasteiger partial charge in [0.05, 0.1) is 12.7 Å². The maximum Gasteiger partial charge on any atom is 0.374 e. The van der Waals surface area contributed by atoms with Crippen LogP contribution in [-0.4, -0.2) is 44.4 Å². The molecule has 0 fully saturated rings. The highest BCUT2D eigenvalue weighted by atomic mass is 16.5. The standard InChI is InChI=1S/C15H21NO4/c1-9-12-11(20-14(9)15(18)19-4)6-5-10(13(12)17)7-8-16(2)3/h10H,5-8H2,1-4H3. The number of rotatable bonds is 4. The van der Waals surface area contributed by atoms with Crippen LogP contribution in [0.2, 0.25) is 0 Å². The second-order valence-corrected chi connectivity index (χ2v) is 5.54. The Bertz CT molecular complexity index is 530. The summed E-state index contributed by atoms with van der Waals surface area (Å²) < 4.78 is 10.2. The SMILES string of the molecule is COC(=O)c1oc2c(c1C)C(=O)C(CCN(C)C)CC2. The molecule has 1 aromatic heterocycles. The number of furan rings is 1. The Kier molecular flexibility index (Phi) is 4.28. The normalized spacial score (nSPS) is 18.2. The van der Waals surface area contributed by atoms with Gasteiger partial charge in [-0.1, -0.05) is 0 Å². The van der Waals surface area contributed by atoms with Crippen molar-refractivity contribution in [2.24, 2.45) is 5.92 Å². The van der Waals surface area contributed by atoms with Crippen LogP contribution in [0.5, 0.6) is 0 Å². The number of ether oxygens (including phenoxy) is 1. The highest BCUT2D eigenvalue weighted by molar-refractivity contribution is 6.03. The van der Waals surface area contributed by atoms with Gasteiger partial charge in [-0.2, -0.15) is 0 Å². The molecule has 1 aliphatic rings. The summed E-state index contributed by atoms with van der Waals surface area (Å²) in [6.07, 6.45) is 2.33. The number of hydrogen-bond donors (Lipinski definition) is 0. The lowest BCUT2D eigenvalue weighted by molar-refractivity contribution is 0.0561. The van der Waals surface area contributed by atoms with Crippen molar-refractivity contribution in [3.8, 4) is 0 Å². The molecule has 0 saturated carbocycles. The lowest BCUT2D eigenvalue weighted by Gasteiger charge is -2.21. The van der Waals surface area contributed by atoms with Crippen LogP contribution in [0.3, 0.4) is 0 Å². The van der Waals surface area contributed by atoms with E-state index in [0.717, 1.165) is 19.4 Å². The summed E-state index contributed by atoms with van der Waals surface area (Å²) in [5.74, 6) is 0.402. The van der Waals surface area contributed by atoms with Crippen LogP contribution in [0.4, 0.5) is 0 Å². The Morgan fingerprint density at radius 2 is 2.15 bits per heavy atom. The van der Waals surface area contributed by atoms with Crippen molar-refractivity contribution in [2.45, 2.75) is 26.2 Å². The monoisotopic (exact) mass is 279 g/mol. The Hall–Kier alpha value is -1.62. The van der Waals surface area contributed by atoms with Crippen molar-refractivity contribution in [2.75, 3.05) is 27.7 Å². The number of aryl methyl sites for hydroxylation is 1. The van der Waals surface area contributed by atoms with E-state index in [1.54, 1.807) is 6.92 Å². The molecule has 0 aromatic carbocycles. The molecule has 20 heavy (non-hydrogen) atoms. The number of methoxy groups -OCH3 is 1. The summed E-state index contributed by atoms with van der Waals surface area (Å²) in [5, 5.41) is 0. The minimum atomic E-state index is -0.519. The summed E-state index contributed by atoms with van der Waals surface area (Å²) >= 11 is 0. The van der Waals surface area contributed by atoms with Gasteiger partial charge in [-0.05, 0) is 40.4 Å². The third kappa shape index (κ3) is 2.63. The number of ketones is 1. The first-order valence-electron chi connectivity index (χ1n) is 6.85. The zero-order valence-electron chi connectivity index (χ0n) is 12.5. The van der Waals surface area contributed by atoms with Gasteiger partial charge in [0, 0.05) is 17.9 Å². The van der Waals surface area contributed by atoms with E-state index in [4.69, 9.17) is 4.42 Å². The molecule has 0 bridgehead atoms. The number of nitrogens with zero attached hydrogens (tertiary/aromatic N) is 1. The molecule has 2 rings (SSSR count). The molecule has 0 amide bonds. The average Bonchev–Trinajstić information content (AvgIpc) is 2.75. The van der Waals surface area contributed by atoms with Crippen molar-refractivity contribution >= 4 is 11.8 Å². The molecule has 1 unspecified atom stereocenters. The van der Waals surface area contributed by atoms with E-state index in [1.165, 1.54) is 7.11 Å². The predicted octanol–water partition coefficient (Wildman–Crippen LogP) is 2.07. The van der Waals surface area contributed by atoms with Crippen molar-refractivity contribution in [1.82, 2.24) is 4.90 Å². The Balaban J connectivity index is 2.25. The number of esters is 1. The minimum absolute atomic E-state index is 0.0201. The molecule has 1 aromatic rings. The van der Waals surface area contributed by atoms with Crippen molar-refractivity contribution in [1.29, 1.82) is 0 Å². The Morgan fingerprint density at radius 1 is 1.45 bits per heavy atom. The smallest absolute Gasteiger partial charge is 0.374 e.